The van der Waals surface area contributed by atoms with Gasteiger partial charge in [0, 0.05) is 0 Å². The molecular weight excluding hydrogens is 695 g/mol. The Hall–Kier alpha value is -4.10. The van der Waals surface area contributed by atoms with Crippen molar-refractivity contribution in [2.45, 2.75) is 26.5 Å². The van der Waals surface area contributed by atoms with E-state index in [-0.39, 0.29) is 17.7 Å². The van der Waals surface area contributed by atoms with Gasteiger partial charge in [0.05, 0.1) is 53.4 Å². The number of carbonyl (C=O) groups excluding carboxylic acids is 1. The Morgan fingerprint density at radius 3 is 2.41 bits per heavy atom. The Labute approximate surface area is 272 Å². The topological polar surface area (TPSA) is 97.6 Å². The molecule has 0 unspecified atom stereocenters. The van der Waals surface area contributed by atoms with Gasteiger partial charge >= 0.3 is 5.97 Å². The average Bonchev–Trinajstić information content (AvgIpc) is 3.33. The first-order valence-electron chi connectivity index (χ1n) is 13.7. The molecule has 0 radical (unpaired) electrons. The zero-order chi connectivity index (χ0) is 31.4. The number of benzene rings is 3. The smallest absolute Gasteiger partial charge is 0.338 e. The van der Waals surface area contributed by atoms with Gasteiger partial charge in [-0.05, 0) is 83.5 Å². The minimum atomic E-state index is -0.782. The monoisotopic (exact) mass is 726 g/mol. The van der Waals surface area contributed by atoms with E-state index in [0.717, 1.165) is 14.7 Å². The third kappa shape index (κ3) is 6.25. The van der Waals surface area contributed by atoms with Crippen molar-refractivity contribution in [1.29, 1.82) is 0 Å². The van der Waals surface area contributed by atoms with Crippen molar-refractivity contribution >= 4 is 46.0 Å². The molecule has 9 nitrogen and oxygen atoms in total. The van der Waals surface area contributed by atoms with Crippen molar-refractivity contribution in [3.8, 4) is 23.0 Å². The number of methoxy groups -OCH3 is 3. The van der Waals surface area contributed by atoms with E-state index in [1.54, 1.807) is 46.3 Å². The van der Waals surface area contributed by atoms with Crippen molar-refractivity contribution in [3.63, 3.8) is 0 Å². The lowest BCUT2D eigenvalue weighted by Gasteiger charge is -2.25. The summed E-state index contributed by atoms with van der Waals surface area (Å²) in [5.41, 5.74) is 2.93. The number of nitrogens with zero attached hydrogens (tertiary/aromatic N) is 2. The second-order valence-electron chi connectivity index (χ2n) is 9.73. The van der Waals surface area contributed by atoms with Crippen LogP contribution in [-0.2, 0) is 16.1 Å². The first-order chi connectivity index (χ1) is 21.3. The van der Waals surface area contributed by atoms with Crippen LogP contribution >= 0.6 is 33.9 Å². The fourth-order valence-corrected chi connectivity index (χ4v) is 6.80. The molecule has 2 heterocycles. The Morgan fingerprint density at radius 1 is 1.00 bits per heavy atom. The molecule has 0 aliphatic carbocycles. The van der Waals surface area contributed by atoms with Crippen LogP contribution in [0.25, 0.3) is 6.08 Å². The Bertz CT molecular complexity index is 1910. The van der Waals surface area contributed by atoms with Crippen molar-refractivity contribution in [2.24, 2.45) is 4.99 Å². The number of allylic oxidation sites excluding steroid dienone is 1. The number of hydrogen-bond acceptors (Lipinski definition) is 9. The number of esters is 1. The number of aromatic nitrogens is 1. The van der Waals surface area contributed by atoms with Gasteiger partial charge in [-0.15, -0.1) is 0 Å². The van der Waals surface area contributed by atoms with Gasteiger partial charge in [-0.1, -0.05) is 47.7 Å². The second kappa shape index (κ2) is 13.7. The third-order valence-corrected chi connectivity index (χ3v) is 8.80. The molecule has 0 bridgehead atoms. The normalized spacial score (nSPS) is 14.5. The zero-order valence-electron chi connectivity index (χ0n) is 24.9. The lowest BCUT2D eigenvalue weighted by atomic mass is 9.95. The molecule has 1 aliphatic heterocycles. The molecule has 228 valence electrons. The summed E-state index contributed by atoms with van der Waals surface area (Å²) < 4.78 is 30.9. The van der Waals surface area contributed by atoms with Gasteiger partial charge in [-0.3, -0.25) is 9.36 Å². The summed E-state index contributed by atoms with van der Waals surface area (Å²) in [6.07, 6.45) is 1.80. The van der Waals surface area contributed by atoms with Gasteiger partial charge in [0.25, 0.3) is 5.56 Å². The number of carbonyl (C=O) groups is 1. The first kappa shape index (κ1) is 31.3. The number of hydrogen-bond donors (Lipinski definition) is 0. The summed E-state index contributed by atoms with van der Waals surface area (Å²) in [4.78, 5) is 32.4. The maximum absolute atomic E-state index is 14.1. The van der Waals surface area contributed by atoms with E-state index in [2.05, 4.69) is 27.6 Å². The molecule has 0 saturated carbocycles. The first-order valence-corrected chi connectivity index (χ1v) is 15.6. The van der Waals surface area contributed by atoms with Crippen LogP contribution < -0.4 is 33.8 Å². The second-order valence-corrected chi connectivity index (χ2v) is 11.9. The molecule has 1 atom stereocenters. The van der Waals surface area contributed by atoms with Crippen LogP contribution in [0, 0.1) is 3.57 Å². The Kier molecular flexibility index (Phi) is 9.74. The van der Waals surface area contributed by atoms with Crippen LogP contribution in [0.2, 0.25) is 0 Å². The summed E-state index contributed by atoms with van der Waals surface area (Å²) in [7, 11) is 4.67. The van der Waals surface area contributed by atoms with Gasteiger partial charge in [0.1, 0.15) is 6.61 Å². The minimum Gasteiger partial charge on any atom is -0.493 e. The SMILES string of the molecule is CCOC(=O)C1=C(C)N=c2s/c(=C/c3cc(I)c(OCc4ccccc4)c(OC)c3)c(=O)n2[C@H]1c1ccc(OC)c(OC)c1. The number of halogens is 1. The highest BCUT2D eigenvalue weighted by atomic mass is 127. The highest BCUT2D eigenvalue weighted by Crippen LogP contribution is 2.37. The highest BCUT2D eigenvalue weighted by molar-refractivity contribution is 14.1. The molecule has 0 saturated heterocycles. The molecule has 1 aliphatic rings. The van der Waals surface area contributed by atoms with E-state index in [1.807, 2.05) is 48.5 Å². The van der Waals surface area contributed by atoms with E-state index in [1.165, 1.54) is 23.0 Å². The van der Waals surface area contributed by atoms with Crippen LogP contribution in [0.1, 0.15) is 36.6 Å². The molecule has 0 amide bonds. The number of thiazole rings is 1. The van der Waals surface area contributed by atoms with Crippen LogP contribution in [0.5, 0.6) is 23.0 Å². The average molecular weight is 727 g/mol. The fraction of sp³-hybridized carbons (Fsp3) is 0.242. The molecule has 1 aromatic heterocycles. The van der Waals surface area contributed by atoms with Crippen molar-refractivity contribution in [1.82, 2.24) is 4.57 Å². The number of rotatable bonds is 10. The summed E-state index contributed by atoms with van der Waals surface area (Å²) in [6.45, 7) is 4.06. The van der Waals surface area contributed by atoms with Crippen LogP contribution in [0.3, 0.4) is 0 Å². The maximum atomic E-state index is 14.1. The molecule has 3 aromatic carbocycles. The summed E-state index contributed by atoms with van der Waals surface area (Å²) in [5, 5.41) is 0. The number of fused-ring (bicyclic) bond motifs is 1. The van der Waals surface area contributed by atoms with Gasteiger partial charge in [0.2, 0.25) is 0 Å². The predicted molar refractivity (Wildman–Crippen MR) is 176 cm³/mol. The minimum absolute atomic E-state index is 0.185. The van der Waals surface area contributed by atoms with Crippen molar-refractivity contribution < 1.29 is 28.5 Å². The largest absolute Gasteiger partial charge is 0.493 e. The molecule has 4 aromatic rings. The third-order valence-electron chi connectivity index (χ3n) is 7.02. The van der Waals surface area contributed by atoms with Crippen LogP contribution in [0.15, 0.2) is 81.7 Å². The lowest BCUT2D eigenvalue weighted by Crippen LogP contribution is -2.40. The summed E-state index contributed by atoms with van der Waals surface area (Å²) >= 11 is 3.45. The standard InChI is InChI=1S/C33H31IN2O7S/c1-6-42-32(38)28-19(2)35-33-36(29(28)22-12-13-24(39-3)25(17-22)40-4)31(37)27(44-33)16-21-14-23(34)30(26(15-21)41-5)43-18-20-10-8-7-9-11-20/h7-17,29H,6,18H2,1-5H3/b27-16+/t29-/m0/s1. The zero-order valence-corrected chi connectivity index (χ0v) is 27.9. The quantitative estimate of drug-likeness (QED) is 0.168. The van der Waals surface area contributed by atoms with Gasteiger partial charge in [0.15, 0.2) is 27.8 Å². The van der Waals surface area contributed by atoms with E-state index >= 15 is 0 Å². The van der Waals surface area contributed by atoms with Crippen LogP contribution in [0.4, 0.5) is 0 Å². The van der Waals surface area contributed by atoms with E-state index in [9.17, 15) is 9.59 Å². The predicted octanol–water partition coefficient (Wildman–Crippen LogP) is 5.01. The Balaban J connectivity index is 1.61. The highest BCUT2D eigenvalue weighted by Gasteiger charge is 2.34. The van der Waals surface area contributed by atoms with E-state index in [0.29, 0.717) is 50.2 Å². The lowest BCUT2D eigenvalue weighted by molar-refractivity contribution is -0.139. The van der Waals surface area contributed by atoms with Crippen molar-refractivity contribution in [3.05, 3.63) is 112 Å². The van der Waals surface area contributed by atoms with Gasteiger partial charge in [-0.25, -0.2) is 9.79 Å². The summed E-state index contributed by atoms with van der Waals surface area (Å²) in [5.74, 6) is 1.64. The van der Waals surface area contributed by atoms with Crippen LogP contribution in [-0.4, -0.2) is 38.5 Å². The molecule has 0 N–H and O–H groups in total. The van der Waals surface area contributed by atoms with E-state index in [4.69, 9.17) is 23.7 Å². The molecule has 5 rings (SSSR count). The van der Waals surface area contributed by atoms with Crippen molar-refractivity contribution in [2.75, 3.05) is 27.9 Å². The maximum Gasteiger partial charge on any atom is 0.338 e. The fourth-order valence-electron chi connectivity index (χ4n) is 4.97. The van der Waals surface area contributed by atoms with Gasteiger partial charge < -0.3 is 23.7 Å². The number of ether oxygens (including phenoxy) is 5. The molecule has 0 fully saturated rings. The summed E-state index contributed by atoms with van der Waals surface area (Å²) in [6, 6.07) is 18.2. The molecule has 0 spiro atoms. The van der Waals surface area contributed by atoms with E-state index < -0.39 is 12.0 Å². The Morgan fingerprint density at radius 2 is 1.73 bits per heavy atom. The molecular formula is C33H31IN2O7S. The van der Waals surface area contributed by atoms with Gasteiger partial charge in [-0.2, -0.15) is 0 Å². The molecule has 11 heteroatoms. The molecule has 44 heavy (non-hydrogen) atoms.